The molecule has 0 unspecified atom stereocenters. The molecule has 0 radical (unpaired) electrons. The van der Waals surface area contributed by atoms with E-state index in [0.29, 0.717) is 0 Å². The van der Waals surface area contributed by atoms with E-state index in [0.717, 1.165) is 6.07 Å². The highest BCUT2D eigenvalue weighted by atomic mass is 35.5. The van der Waals surface area contributed by atoms with Crippen LogP contribution in [-0.2, 0) is 10.4 Å². The number of halogens is 3. The predicted molar refractivity (Wildman–Crippen MR) is 80.2 cm³/mol. The SMILES string of the molecule is [2H]c1c([2H])c(Oc2ccc(Cl)cc2OS(=O)(=O)O)c(Cl)c([2H])c1Cl. The summed E-state index contributed by atoms with van der Waals surface area (Å²) in [5.41, 5.74) is 0. The fourth-order valence-electron chi connectivity index (χ4n) is 1.28. The van der Waals surface area contributed by atoms with E-state index in [1.54, 1.807) is 0 Å². The number of benzene rings is 2. The number of ether oxygens (including phenoxy) is 1. The Balaban J connectivity index is 2.57. The lowest BCUT2D eigenvalue weighted by Gasteiger charge is -2.12. The molecular weight excluding hydrogens is 363 g/mol. The zero-order valence-corrected chi connectivity index (χ0v) is 12.9. The molecule has 9 heteroatoms. The van der Waals surface area contributed by atoms with Crippen LogP contribution in [0.15, 0.2) is 36.3 Å². The Morgan fingerprint density at radius 2 is 1.76 bits per heavy atom. The molecule has 0 atom stereocenters. The second kappa shape index (κ2) is 6.29. The fraction of sp³-hybridized carbons (Fsp3) is 0. The van der Waals surface area contributed by atoms with Crippen molar-refractivity contribution in [1.82, 2.24) is 0 Å². The zero-order valence-electron chi connectivity index (χ0n) is 12.9. The van der Waals surface area contributed by atoms with E-state index in [2.05, 4.69) is 4.18 Å². The average Bonchev–Trinajstić information content (AvgIpc) is 2.48. The van der Waals surface area contributed by atoms with Crippen molar-refractivity contribution in [2.24, 2.45) is 0 Å². The quantitative estimate of drug-likeness (QED) is 0.793. The van der Waals surface area contributed by atoms with Gasteiger partial charge in [-0.15, -0.1) is 0 Å². The van der Waals surface area contributed by atoms with Gasteiger partial charge in [-0.25, -0.2) is 0 Å². The smallest absolute Gasteiger partial charge is 0.446 e. The summed E-state index contributed by atoms with van der Waals surface area (Å²) in [4.78, 5) is 0. The molecule has 0 aliphatic carbocycles. The lowest BCUT2D eigenvalue weighted by Crippen LogP contribution is -2.07. The Kier molecular flexibility index (Phi) is 3.71. The molecule has 2 aromatic rings. The fourth-order valence-corrected chi connectivity index (χ4v) is 2.17. The summed E-state index contributed by atoms with van der Waals surface area (Å²) in [6.45, 7) is 0. The van der Waals surface area contributed by atoms with Gasteiger partial charge in [0, 0.05) is 16.1 Å². The van der Waals surface area contributed by atoms with Crippen LogP contribution in [-0.4, -0.2) is 13.0 Å². The minimum atomic E-state index is -4.87. The van der Waals surface area contributed by atoms with Crippen LogP contribution in [0.1, 0.15) is 4.11 Å². The molecule has 0 saturated carbocycles. The third-order valence-electron chi connectivity index (χ3n) is 2.02. The van der Waals surface area contributed by atoms with Gasteiger partial charge in [0.1, 0.15) is 5.75 Å². The highest BCUT2D eigenvalue weighted by molar-refractivity contribution is 7.81. The molecule has 0 aliphatic heterocycles. The molecule has 1 N–H and O–H groups in total. The van der Waals surface area contributed by atoms with Crippen LogP contribution >= 0.6 is 34.8 Å². The van der Waals surface area contributed by atoms with Crippen molar-refractivity contribution in [2.75, 3.05) is 0 Å². The molecule has 0 amide bonds. The highest BCUT2D eigenvalue weighted by Crippen LogP contribution is 2.37. The normalized spacial score (nSPS) is 13.2. The molecule has 2 rings (SSSR count). The van der Waals surface area contributed by atoms with Crippen LogP contribution in [0.4, 0.5) is 0 Å². The first kappa shape index (κ1) is 12.4. The van der Waals surface area contributed by atoms with Crippen LogP contribution in [0.25, 0.3) is 0 Å². The maximum Gasteiger partial charge on any atom is 0.446 e. The van der Waals surface area contributed by atoms with E-state index >= 15 is 0 Å². The Hall–Kier alpha value is -1.18. The molecule has 112 valence electrons. The summed E-state index contributed by atoms with van der Waals surface area (Å²) in [5, 5.41) is -0.603. The molecule has 0 saturated heterocycles. The summed E-state index contributed by atoms with van der Waals surface area (Å²) >= 11 is 17.4. The van der Waals surface area contributed by atoms with Gasteiger partial charge in [0.2, 0.25) is 0 Å². The molecule has 0 fully saturated rings. The summed E-state index contributed by atoms with van der Waals surface area (Å²) < 4.78 is 63.4. The Labute approximate surface area is 140 Å². The van der Waals surface area contributed by atoms with E-state index in [4.69, 9.17) is 48.2 Å². The first-order chi connectivity index (χ1) is 11.0. The first-order valence-electron chi connectivity index (χ1n) is 6.60. The van der Waals surface area contributed by atoms with Crippen molar-refractivity contribution in [3.63, 3.8) is 0 Å². The van der Waals surface area contributed by atoms with Gasteiger partial charge in [-0.2, -0.15) is 8.42 Å². The monoisotopic (exact) mass is 371 g/mol. The number of hydrogen-bond acceptors (Lipinski definition) is 4. The molecule has 0 spiro atoms. The van der Waals surface area contributed by atoms with Gasteiger partial charge >= 0.3 is 10.4 Å². The third-order valence-corrected chi connectivity index (χ3v) is 3.10. The van der Waals surface area contributed by atoms with E-state index in [1.165, 1.54) is 12.1 Å². The molecule has 0 aromatic heterocycles. The molecular formula is C12H7Cl3O5S. The van der Waals surface area contributed by atoms with Crippen LogP contribution in [0.2, 0.25) is 15.1 Å². The van der Waals surface area contributed by atoms with Crippen LogP contribution in [0.3, 0.4) is 0 Å². The van der Waals surface area contributed by atoms with Crippen molar-refractivity contribution < 1.29 is 26.0 Å². The van der Waals surface area contributed by atoms with E-state index in [1.807, 2.05) is 0 Å². The van der Waals surface area contributed by atoms with Gasteiger partial charge in [-0.3, -0.25) is 4.55 Å². The number of hydrogen-bond donors (Lipinski definition) is 1. The molecule has 0 bridgehead atoms. The lowest BCUT2D eigenvalue weighted by molar-refractivity contribution is 0.374. The summed E-state index contributed by atoms with van der Waals surface area (Å²) in [6, 6.07) is 2.12. The highest BCUT2D eigenvalue weighted by Gasteiger charge is 2.15. The standard InChI is InChI=1S/C12H7Cl3O5S/c13-7-1-3-10(9(15)5-7)19-11-4-2-8(14)6-12(11)20-21(16,17)18/h1-6H,(H,16,17,18)/i1D,3D,5D. The van der Waals surface area contributed by atoms with Crippen molar-refractivity contribution in [2.45, 2.75) is 0 Å². The second-order valence-corrected chi connectivity index (χ2v) is 5.75. The maximum absolute atomic E-state index is 10.9. The van der Waals surface area contributed by atoms with Crippen LogP contribution < -0.4 is 8.92 Å². The Morgan fingerprint density at radius 3 is 2.43 bits per heavy atom. The minimum absolute atomic E-state index is 0.0802. The van der Waals surface area contributed by atoms with Crippen molar-refractivity contribution in [1.29, 1.82) is 0 Å². The van der Waals surface area contributed by atoms with Gasteiger partial charge in [0.15, 0.2) is 11.5 Å². The lowest BCUT2D eigenvalue weighted by atomic mass is 10.3. The van der Waals surface area contributed by atoms with Crippen molar-refractivity contribution in [3.8, 4) is 17.2 Å². The molecule has 0 heterocycles. The second-order valence-electron chi connectivity index (χ2n) is 3.54. The molecule has 2 aromatic carbocycles. The van der Waals surface area contributed by atoms with E-state index in [-0.39, 0.29) is 20.8 Å². The van der Waals surface area contributed by atoms with Gasteiger partial charge < -0.3 is 8.92 Å². The Bertz CT molecular complexity index is 892. The predicted octanol–water partition coefficient (Wildman–Crippen LogP) is 4.62. The number of rotatable bonds is 4. The van der Waals surface area contributed by atoms with Gasteiger partial charge in [-0.05, 0) is 30.3 Å². The van der Waals surface area contributed by atoms with Crippen LogP contribution in [0.5, 0.6) is 17.2 Å². The minimum Gasteiger partial charge on any atom is -0.452 e. The van der Waals surface area contributed by atoms with E-state index < -0.39 is 40.0 Å². The van der Waals surface area contributed by atoms with Crippen LogP contribution in [0, 0.1) is 0 Å². The zero-order chi connectivity index (χ0) is 18.2. The topological polar surface area (TPSA) is 72.8 Å². The average molecular weight is 373 g/mol. The maximum atomic E-state index is 10.9. The summed E-state index contributed by atoms with van der Waals surface area (Å²) in [6.07, 6.45) is 0. The van der Waals surface area contributed by atoms with E-state index in [9.17, 15) is 8.42 Å². The Morgan fingerprint density at radius 1 is 1.05 bits per heavy atom. The van der Waals surface area contributed by atoms with Gasteiger partial charge in [0.25, 0.3) is 0 Å². The van der Waals surface area contributed by atoms with Gasteiger partial charge in [0.05, 0.1) is 9.13 Å². The summed E-state index contributed by atoms with van der Waals surface area (Å²) in [5.74, 6) is -1.15. The molecule has 21 heavy (non-hydrogen) atoms. The molecule has 0 aliphatic rings. The third kappa shape index (κ3) is 4.66. The van der Waals surface area contributed by atoms with Crippen molar-refractivity contribution in [3.05, 3.63) is 51.4 Å². The van der Waals surface area contributed by atoms with Gasteiger partial charge in [-0.1, -0.05) is 34.8 Å². The molecule has 5 nitrogen and oxygen atoms in total. The van der Waals surface area contributed by atoms with Crippen molar-refractivity contribution >= 4 is 45.2 Å². The summed E-state index contributed by atoms with van der Waals surface area (Å²) in [7, 11) is -4.87. The first-order valence-corrected chi connectivity index (χ1v) is 7.60. The largest absolute Gasteiger partial charge is 0.452 e.